The number of halogens is 4. The van der Waals surface area contributed by atoms with E-state index in [2.05, 4.69) is 15.3 Å². The Morgan fingerprint density at radius 2 is 2.05 bits per heavy atom. The van der Waals surface area contributed by atoms with E-state index in [1.807, 2.05) is 6.92 Å². The predicted octanol–water partition coefficient (Wildman–Crippen LogP) is 4.70. The van der Waals surface area contributed by atoms with Crippen molar-refractivity contribution in [2.45, 2.75) is 19.5 Å². The van der Waals surface area contributed by atoms with Gasteiger partial charge in [-0.15, -0.1) is 11.3 Å². The first-order valence-corrected chi connectivity index (χ1v) is 7.05. The molecule has 2 rings (SSSR count). The van der Waals surface area contributed by atoms with Crippen LogP contribution in [0.2, 0.25) is 4.34 Å². The number of thiophene rings is 1. The topological polar surface area (TPSA) is 37.8 Å². The first kappa shape index (κ1) is 15.1. The van der Waals surface area contributed by atoms with E-state index in [4.69, 9.17) is 11.6 Å². The van der Waals surface area contributed by atoms with Crippen LogP contribution in [0, 0.1) is 0 Å². The molecular weight excluding hydrogens is 311 g/mol. The lowest BCUT2D eigenvalue weighted by Crippen LogP contribution is -2.14. The number of hydrogen-bond acceptors (Lipinski definition) is 4. The van der Waals surface area contributed by atoms with Crippen molar-refractivity contribution < 1.29 is 13.2 Å². The van der Waals surface area contributed by atoms with Gasteiger partial charge in [0.15, 0.2) is 0 Å². The summed E-state index contributed by atoms with van der Waals surface area (Å²) in [6.45, 7) is 2.46. The molecule has 0 aromatic carbocycles. The summed E-state index contributed by atoms with van der Waals surface area (Å²) in [6.07, 6.45) is -3.80. The van der Waals surface area contributed by atoms with Gasteiger partial charge in [-0.05, 0) is 18.6 Å². The van der Waals surface area contributed by atoms with Crippen LogP contribution in [0.4, 0.5) is 19.0 Å². The maximum absolute atomic E-state index is 12.8. The number of nitrogens with one attached hydrogen (secondary N) is 1. The standard InChI is InChI=1S/C12H11ClF3N3S/c1-2-5-17-10-6-7(8-3-4-9(13)20-8)18-11(19-10)12(14,15)16/h3-4,6H,2,5H2,1H3,(H,17,18,19). The lowest BCUT2D eigenvalue weighted by atomic mass is 10.3. The van der Waals surface area contributed by atoms with E-state index >= 15 is 0 Å². The van der Waals surface area contributed by atoms with Crippen LogP contribution in [0.15, 0.2) is 18.2 Å². The molecule has 0 saturated heterocycles. The van der Waals surface area contributed by atoms with E-state index in [0.29, 0.717) is 15.8 Å². The van der Waals surface area contributed by atoms with Crippen LogP contribution < -0.4 is 5.32 Å². The molecule has 0 fully saturated rings. The number of anilines is 1. The molecule has 8 heteroatoms. The molecule has 108 valence electrons. The number of hydrogen-bond donors (Lipinski definition) is 1. The summed E-state index contributed by atoms with van der Waals surface area (Å²) >= 11 is 6.97. The molecule has 3 nitrogen and oxygen atoms in total. The SMILES string of the molecule is CCCNc1cc(-c2ccc(Cl)s2)nc(C(F)(F)F)n1. The Kier molecular flexibility index (Phi) is 4.49. The average Bonchev–Trinajstić information content (AvgIpc) is 2.82. The smallest absolute Gasteiger partial charge is 0.370 e. The molecule has 2 aromatic heterocycles. The van der Waals surface area contributed by atoms with Gasteiger partial charge in [-0.2, -0.15) is 13.2 Å². The zero-order valence-electron chi connectivity index (χ0n) is 10.5. The molecule has 1 N–H and O–H groups in total. The average molecular weight is 322 g/mol. The van der Waals surface area contributed by atoms with Gasteiger partial charge in [0.05, 0.1) is 14.9 Å². The maximum atomic E-state index is 12.8. The van der Waals surface area contributed by atoms with Gasteiger partial charge in [0, 0.05) is 12.6 Å². The van der Waals surface area contributed by atoms with Gasteiger partial charge in [-0.25, -0.2) is 9.97 Å². The third kappa shape index (κ3) is 3.61. The van der Waals surface area contributed by atoms with Crippen LogP contribution >= 0.6 is 22.9 Å². The largest absolute Gasteiger partial charge is 0.451 e. The van der Waals surface area contributed by atoms with Crippen LogP contribution in [-0.2, 0) is 6.18 Å². The zero-order valence-corrected chi connectivity index (χ0v) is 12.0. The van der Waals surface area contributed by atoms with Crippen molar-refractivity contribution in [1.29, 1.82) is 0 Å². The Balaban J connectivity index is 2.45. The summed E-state index contributed by atoms with van der Waals surface area (Å²) in [7, 11) is 0. The van der Waals surface area contributed by atoms with Gasteiger partial charge in [-0.3, -0.25) is 0 Å². The number of aromatic nitrogens is 2. The van der Waals surface area contributed by atoms with Gasteiger partial charge in [0.1, 0.15) is 5.82 Å². The molecule has 0 aliphatic carbocycles. The van der Waals surface area contributed by atoms with E-state index in [9.17, 15) is 13.2 Å². The Morgan fingerprint density at radius 1 is 1.30 bits per heavy atom. The van der Waals surface area contributed by atoms with Gasteiger partial charge < -0.3 is 5.32 Å². The maximum Gasteiger partial charge on any atom is 0.451 e. The lowest BCUT2D eigenvalue weighted by Gasteiger charge is -2.10. The molecule has 0 spiro atoms. The Morgan fingerprint density at radius 3 is 2.60 bits per heavy atom. The highest BCUT2D eigenvalue weighted by atomic mass is 35.5. The summed E-state index contributed by atoms with van der Waals surface area (Å²) in [6, 6.07) is 4.75. The summed E-state index contributed by atoms with van der Waals surface area (Å²) in [4.78, 5) is 7.64. The first-order valence-electron chi connectivity index (χ1n) is 5.86. The second kappa shape index (κ2) is 5.97. The molecule has 0 amide bonds. The predicted molar refractivity (Wildman–Crippen MR) is 74.1 cm³/mol. The fourth-order valence-corrected chi connectivity index (χ4v) is 2.50. The van der Waals surface area contributed by atoms with E-state index in [1.54, 1.807) is 12.1 Å². The summed E-state index contributed by atoms with van der Waals surface area (Å²) < 4.78 is 38.9. The third-order valence-electron chi connectivity index (χ3n) is 2.36. The first-order chi connectivity index (χ1) is 9.40. The second-order valence-corrected chi connectivity index (χ2v) is 5.71. The fraction of sp³-hybridized carbons (Fsp3) is 0.333. The van der Waals surface area contributed by atoms with Crippen molar-refractivity contribution in [3.05, 3.63) is 28.4 Å². The van der Waals surface area contributed by atoms with Crippen LogP contribution in [0.5, 0.6) is 0 Å². The van der Waals surface area contributed by atoms with E-state index < -0.39 is 12.0 Å². The van der Waals surface area contributed by atoms with Crippen molar-refractivity contribution in [3.63, 3.8) is 0 Å². The Bertz CT molecular complexity index is 598. The quantitative estimate of drug-likeness (QED) is 0.887. The van der Waals surface area contributed by atoms with Crippen molar-refractivity contribution in [2.75, 3.05) is 11.9 Å². The normalized spacial score (nSPS) is 11.7. The van der Waals surface area contributed by atoms with Crippen molar-refractivity contribution in [2.24, 2.45) is 0 Å². The highest BCUT2D eigenvalue weighted by Gasteiger charge is 2.35. The minimum Gasteiger partial charge on any atom is -0.370 e. The monoisotopic (exact) mass is 321 g/mol. The van der Waals surface area contributed by atoms with Gasteiger partial charge in [0.2, 0.25) is 5.82 Å². The molecule has 2 aromatic rings. The zero-order chi connectivity index (χ0) is 14.8. The van der Waals surface area contributed by atoms with Crippen molar-refractivity contribution >= 4 is 28.8 Å². The number of rotatable bonds is 4. The molecule has 0 unspecified atom stereocenters. The summed E-state index contributed by atoms with van der Waals surface area (Å²) in [5.74, 6) is -0.994. The molecule has 2 heterocycles. The van der Waals surface area contributed by atoms with Crippen LogP contribution in [0.25, 0.3) is 10.6 Å². The molecular formula is C12H11ClF3N3S. The number of alkyl halides is 3. The molecule has 0 radical (unpaired) electrons. The number of nitrogens with zero attached hydrogens (tertiary/aromatic N) is 2. The molecule has 0 aliphatic heterocycles. The lowest BCUT2D eigenvalue weighted by molar-refractivity contribution is -0.144. The highest BCUT2D eigenvalue weighted by molar-refractivity contribution is 7.19. The van der Waals surface area contributed by atoms with Crippen molar-refractivity contribution in [3.8, 4) is 10.6 Å². The molecule has 20 heavy (non-hydrogen) atoms. The van der Waals surface area contributed by atoms with E-state index in [0.717, 1.165) is 6.42 Å². The highest BCUT2D eigenvalue weighted by Crippen LogP contribution is 2.33. The third-order valence-corrected chi connectivity index (χ3v) is 3.62. The van der Waals surface area contributed by atoms with Crippen LogP contribution in [0.3, 0.4) is 0 Å². The molecule has 0 bridgehead atoms. The minimum atomic E-state index is -4.58. The Hall–Kier alpha value is -1.34. The molecule has 0 aliphatic rings. The minimum absolute atomic E-state index is 0.161. The molecule has 0 saturated carbocycles. The van der Waals surface area contributed by atoms with Crippen LogP contribution in [-0.4, -0.2) is 16.5 Å². The Labute approximate surface area is 122 Å². The van der Waals surface area contributed by atoms with Crippen molar-refractivity contribution in [1.82, 2.24) is 9.97 Å². The van der Waals surface area contributed by atoms with Gasteiger partial charge in [0.25, 0.3) is 0 Å². The van der Waals surface area contributed by atoms with Gasteiger partial charge >= 0.3 is 6.18 Å². The van der Waals surface area contributed by atoms with Gasteiger partial charge in [-0.1, -0.05) is 18.5 Å². The molecule has 0 atom stereocenters. The van der Waals surface area contributed by atoms with E-state index in [1.165, 1.54) is 17.4 Å². The summed E-state index contributed by atoms with van der Waals surface area (Å²) in [5.41, 5.74) is 0.211. The fourth-order valence-electron chi connectivity index (χ4n) is 1.50. The second-order valence-electron chi connectivity index (χ2n) is 3.99. The van der Waals surface area contributed by atoms with E-state index in [-0.39, 0.29) is 11.5 Å². The van der Waals surface area contributed by atoms with Crippen LogP contribution in [0.1, 0.15) is 19.2 Å². The summed E-state index contributed by atoms with van der Waals surface area (Å²) in [5, 5.41) is 2.84.